The van der Waals surface area contributed by atoms with Gasteiger partial charge in [0.2, 0.25) is 0 Å². The monoisotopic (exact) mass is 267 g/mol. The van der Waals surface area contributed by atoms with Crippen molar-refractivity contribution in [3.63, 3.8) is 0 Å². The molecular formula is C14H18ClNO2. The van der Waals surface area contributed by atoms with Gasteiger partial charge < -0.3 is 10.8 Å². The third kappa shape index (κ3) is 2.25. The van der Waals surface area contributed by atoms with Crippen molar-refractivity contribution in [3.05, 3.63) is 34.9 Å². The molecule has 1 aromatic carbocycles. The third-order valence-corrected chi connectivity index (χ3v) is 4.35. The number of carboxylic acids is 1. The lowest BCUT2D eigenvalue weighted by atomic mass is 9.70. The average Bonchev–Trinajstić information content (AvgIpc) is 2.83. The van der Waals surface area contributed by atoms with E-state index in [0.717, 1.165) is 18.4 Å². The Bertz CT molecular complexity index is 424. The first-order valence-electron chi connectivity index (χ1n) is 6.29. The highest BCUT2D eigenvalue weighted by Crippen LogP contribution is 2.48. The van der Waals surface area contributed by atoms with Crippen molar-refractivity contribution >= 4 is 17.6 Å². The summed E-state index contributed by atoms with van der Waals surface area (Å²) in [6, 6.07) is 7.37. The molecule has 2 rings (SSSR count). The van der Waals surface area contributed by atoms with Gasteiger partial charge in [0.15, 0.2) is 0 Å². The number of hydrogen-bond donors (Lipinski definition) is 2. The topological polar surface area (TPSA) is 63.3 Å². The lowest BCUT2D eigenvalue weighted by molar-refractivity contribution is -0.150. The Morgan fingerprint density at radius 1 is 1.33 bits per heavy atom. The van der Waals surface area contributed by atoms with Gasteiger partial charge in [-0.3, -0.25) is 4.79 Å². The average molecular weight is 268 g/mol. The molecule has 1 fully saturated rings. The molecule has 18 heavy (non-hydrogen) atoms. The van der Waals surface area contributed by atoms with Crippen molar-refractivity contribution in [2.24, 2.45) is 11.1 Å². The molecule has 0 radical (unpaired) electrons. The highest BCUT2D eigenvalue weighted by Gasteiger charge is 2.47. The normalized spacial score (nSPS) is 19.7. The number of rotatable bonds is 4. The maximum atomic E-state index is 11.7. The fraction of sp³-hybridized carbons (Fsp3) is 0.500. The minimum absolute atomic E-state index is 0.130. The number of carboxylic acid groups (broad SMARTS) is 1. The maximum absolute atomic E-state index is 11.7. The first-order valence-corrected chi connectivity index (χ1v) is 6.67. The second-order valence-electron chi connectivity index (χ2n) is 5.01. The van der Waals surface area contributed by atoms with Crippen LogP contribution in [0.4, 0.5) is 0 Å². The van der Waals surface area contributed by atoms with Crippen LogP contribution in [0.5, 0.6) is 0 Å². The lowest BCUT2D eigenvalue weighted by Gasteiger charge is -2.33. The van der Waals surface area contributed by atoms with Crippen LogP contribution < -0.4 is 5.73 Å². The Hall–Kier alpha value is -1.06. The quantitative estimate of drug-likeness (QED) is 0.881. The van der Waals surface area contributed by atoms with E-state index in [-0.39, 0.29) is 5.92 Å². The summed E-state index contributed by atoms with van der Waals surface area (Å²) in [5.74, 6) is -0.847. The van der Waals surface area contributed by atoms with Crippen molar-refractivity contribution in [2.75, 3.05) is 6.54 Å². The Kier molecular flexibility index (Phi) is 3.93. The van der Waals surface area contributed by atoms with Crippen molar-refractivity contribution < 1.29 is 9.90 Å². The Morgan fingerprint density at radius 2 is 1.89 bits per heavy atom. The molecule has 0 amide bonds. The molecule has 0 aliphatic heterocycles. The summed E-state index contributed by atoms with van der Waals surface area (Å²) < 4.78 is 0. The van der Waals surface area contributed by atoms with E-state index in [2.05, 4.69) is 0 Å². The summed E-state index contributed by atoms with van der Waals surface area (Å²) in [5.41, 5.74) is 6.14. The Morgan fingerprint density at radius 3 is 2.33 bits per heavy atom. The van der Waals surface area contributed by atoms with Crippen molar-refractivity contribution in [1.82, 2.24) is 0 Å². The molecule has 0 heterocycles. The molecule has 0 bridgehead atoms. The van der Waals surface area contributed by atoms with Gasteiger partial charge in [0, 0.05) is 17.5 Å². The number of benzene rings is 1. The minimum atomic E-state index is -0.717. The molecule has 0 saturated heterocycles. The smallest absolute Gasteiger partial charge is 0.310 e. The van der Waals surface area contributed by atoms with Gasteiger partial charge in [-0.15, -0.1) is 0 Å². The number of carbonyl (C=O) groups is 1. The van der Waals surface area contributed by atoms with Gasteiger partial charge in [0.25, 0.3) is 0 Å². The molecule has 1 aliphatic carbocycles. The van der Waals surface area contributed by atoms with Gasteiger partial charge in [-0.1, -0.05) is 36.6 Å². The molecule has 0 aromatic heterocycles. The summed E-state index contributed by atoms with van der Waals surface area (Å²) in [4.78, 5) is 11.7. The van der Waals surface area contributed by atoms with Crippen LogP contribution in [0, 0.1) is 5.41 Å². The van der Waals surface area contributed by atoms with Crippen LogP contribution in [0.2, 0.25) is 5.02 Å². The van der Waals surface area contributed by atoms with E-state index in [4.69, 9.17) is 17.3 Å². The van der Waals surface area contributed by atoms with Gasteiger partial charge in [0.1, 0.15) is 0 Å². The Labute approximate surface area is 112 Å². The van der Waals surface area contributed by atoms with E-state index in [1.54, 1.807) is 12.1 Å². The summed E-state index contributed by atoms with van der Waals surface area (Å²) >= 11 is 5.87. The lowest BCUT2D eigenvalue weighted by Crippen LogP contribution is -2.38. The molecular weight excluding hydrogens is 250 g/mol. The van der Waals surface area contributed by atoms with Gasteiger partial charge in [0.05, 0.1) is 5.41 Å². The van der Waals surface area contributed by atoms with Crippen LogP contribution in [0.15, 0.2) is 24.3 Å². The molecule has 4 heteroatoms. The zero-order valence-corrected chi connectivity index (χ0v) is 11.0. The van der Waals surface area contributed by atoms with Gasteiger partial charge >= 0.3 is 5.97 Å². The second-order valence-corrected chi connectivity index (χ2v) is 5.44. The Balaban J connectivity index is 2.37. The first kappa shape index (κ1) is 13.4. The van der Waals surface area contributed by atoms with Crippen LogP contribution in [0.3, 0.4) is 0 Å². The summed E-state index contributed by atoms with van der Waals surface area (Å²) in [5, 5.41) is 10.3. The van der Waals surface area contributed by atoms with E-state index in [9.17, 15) is 9.90 Å². The highest BCUT2D eigenvalue weighted by molar-refractivity contribution is 6.30. The second kappa shape index (κ2) is 5.29. The molecule has 0 spiro atoms. The van der Waals surface area contributed by atoms with Gasteiger partial charge in [-0.05, 0) is 30.5 Å². The van der Waals surface area contributed by atoms with Crippen molar-refractivity contribution in [3.8, 4) is 0 Å². The SMILES string of the molecule is NCC(c1ccc(Cl)cc1)C1(C(=O)O)CCCC1. The molecule has 3 nitrogen and oxygen atoms in total. The largest absolute Gasteiger partial charge is 0.481 e. The molecule has 1 unspecified atom stereocenters. The summed E-state index contributed by atoms with van der Waals surface area (Å²) in [6.07, 6.45) is 3.37. The molecule has 1 saturated carbocycles. The van der Waals surface area contributed by atoms with Gasteiger partial charge in [-0.25, -0.2) is 0 Å². The maximum Gasteiger partial charge on any atom is 0.310 e. The standard InChI is InChI=1S/C14H18ClNO2/c15-11-5-3-10(4-6-11)12(9-16)14(13(17)18)7-1-2-8-14/h3-6,12H,1-2,7-9,16H2,(H,17,18). The number of hydrogen-bond acceptors (Lipinski definition) is 2. The first-order chi connectivity index (χ1) is 8.60. The highest BCUT2D eigenvalue weighted by atomic mass is 35.5. The third-order valence-electron chi connectivity index (χ3n) is 4.10. The van der Waals surface area contributed by atoms with E-state index in [0.29, 0.717) is 24.4 Å². The van der Waals surface area contributed by atoms with E-state index >= 15 is 0 Å². The molecule has 1 aromatic rings. The molecule has 1 atom stereocenters. The van der Waals surface area contributed by atoms with Crippen LogP contribution in [0.1, 0.15) is 37.2 Å². The number of nitrogens with two attached hydrogens (primary N) is 1. The van der Waals surface area contributed by atoms with Crippen LogP contribution in [0.25, 0.3) is 0 Å². The number of aliphatic carboxylic acids is 1. The minimum Gasteiger partial charge on any atom is -0.481 e. The zero-order valence-electron chi connectivity index (χ0n) is 10.2. The summed E-state index contributed by atoms with van der Waals surface area (Å²) in [7, 11) is 0. The molecule has 98 valence electrons. The van der Waals surface area contributed by atoms with Crippen molar-refractivity contribution in [1.29, 1.82) is 0 Å². The predicted molar refractivity (Wildman–Crippen MR) is 71.8 cm³/mol. The van der Waals surface area contributed by atoms with Crippen molar-refractivity contribution in [2.45, 2.75) is 31.6 Å². The van der Waals surface area contributed by atoms with Gasteiger partial charge in [-0.2, -0.15) is 0 Å². The molecule has 3 N–H and O–H groups in total. The van der Waals surface area contributed by atoms with Crippen LogP contribution in [-0.2, 0) is 4.79 Å². The summed E-state index contributed by atoms with van der Waals surface area (Å²) in [6.45, 7) is 0.355. The van der Waals surface area contributed by atoms with Crippen LogP contribution >= 0.6 is 11.6 Å². The zero-order chi connectivity index (χ0) is 13.2. The fourth-order valence-electron chi connectivity index (χ4n) is 3.09. The number of halogens is 1. The molecule has 1 aliphatic rings. The van der Waals surface area contributed by atoms with E-state index < -0.39 is 11.4 Å². The predicted octanol–water partition coefficient (Wildman–Crippen LogP) is 3.03. The van der Waals surface area contributed by atoms with Crippen LogP contribution in [-0.4, -0.2) is 17.6 Å². The fourth-order valence-corrected chi connectivity index (χ4v) is 3.22. The van der Waals surface area contributed by atoms with E-state index in [1.165, 1.54) is 0 Å². The van der Waals surface area contributed by atoms with E-state index in [1.807, 2.05) is 12.1 Å².